The van der Waals surface area contributed by atoms with Crippen molar-refractivity contribution in [2.75, 3.05) is 18.5 Å². The summed E-state index contributed by atoms with van der Waals surface area (Å²) in [5, 5.41) is 17.0. The van der Waals surface area contributed by atoms with Gasteiger partial charge >= 0.3 is 5.97 Å². The highest BCUT2D eigenvalue weighted by Gasteiger charge is 2.21. The summed E-state index contributed by atoms with van der Waals surface area (Å²) in [5.41, 5.74) is 4.25. The molecule has 228 valence electrons. The smallest absolute Gasteiger partial charge is 0.326 e. The summed E-state index contributed by atoms with van der Waals surface area (Å²) in [7, 11) is 0. The van der Waals surface area contributed by atoms with Gasteiger partial charge in [0.15, 0.2) is 5.78 Å². The Bertz CT molecular complexity index is 1690. The molecule has 0 radical (unpaired) electrons. The van der Waals surface area contributed by atoms with Crippen LogP contribution in [-0.2, 0) is 29.0 Å². The first-order chi connectivity index (χ1) is 22.0. The minimum atomic E-state index is -1.03. The Labute approximate surface area is 266 Å². The summed E-state index contributed by atoms with van der Waals surface area (Å²) in [6.45, 7) is 1.23. The van der Waals surface area contributed by atoms with Gasteiger partial charge in [-0.05, 0) is 57.8 Å². The molecule has 2 N–H and O–H groups in total. The lowest BCUT2D eigenvalue weighted by Crippen LogP contribution is -2.35. The molecule has 0 unspecified atom stereocenters. The number of amides is 1. The zero-order chi connectivity index (χ0) is 31.4. The lowest BCUT2D eigenvalue weighted by molar-refractivity contribution is -0.138. The average molecular weight is 619 g/mol. The molecule has 1 atom stereocenters. The molecule has 1 heterocycles. The first-order valence-corrected chi connectivity index (χ1v) is 15.6. The van der Waals surface area contributed by atoms with E-state index in [-0.39, 0.29) is 18.1 Å². The Hall–Kier alpha value is -5.21. The van der Waals surface area contributed by atoms with E-state index in [0.29, 0.717) is 48.7 Å². The number of carbonyl (C=O) groups is 3. The first kappa shape index (κ1) is 31.2. The number of hydrogen-bond acceptors (Lipinski definition) is 6. The zero-order valence-electron chi connectivity index (χ0n) is 24.7. The number of carbonyl (C=O) groups excluding carboxylic acids is 2. The number of ketones is 1. The largest absolute Gasteiger partial charge is 0.492 e. The van der Waals surface area contributed by atoms with Gasteiger partial charge in [0, 0.05) is 29.8 Å². The van der Waals surface area contributed by atoms with E-state index in [0.717, 1.165) is 16.7 Å². The minimum Gasteiger partial charge on any atom is -0.492 e. The molecule has 1 amide bonds. The SMILES string of the molecule is O=C(c1ccccc1)c1ccccc1N[C@@H](Cc1ccc(OCCN(Cc2ccccc2)C(=O)Cc2ccsc2)cc1)C(=O)O. The van der Waals surface area contributed by atoms with Gasteiger partial charge in [-0.15, -0.1) is 0 Å². The molecule has 5 aromatic rings. The Kier molecular flexibility index (Phi) is 10.8. The van der Waals surface area contributed by atoms with Crippen LogP contribution in [0, 0.1) is 0 Å². The van der Waals surface area contributed by atoms with Crippen LogP contribution in [0.2, 0.25) is 0 Å². The third kappa shape index (κ3) is 8.90. The molecule has 0 spiro atoms. The molecule has 45 heavy (non-hydrogen) atoms. The van der Waals surface area contributed by atoms with Crippen molar-refractivity contribution in [3.05, 3.63) is 154 Å². The topological polar surface area (TPSA) is 95.9 Å². The number of aliphatic carboxylic acids is 1. The fraction of sp³-hybridized carbons (Fsp3) is 0.162. The normalized spacial score (nSPS) is 11.4. The van der Waals surface area contributed by atoms with Gasteiger partial charge in [-0.3, -0.25) is 9.59 Å². The molecule has 0 fully saturated rings. The number of thiophene rings is 1. The van der Waals surface area contributed by atoms with E-state index >= 15 is 0 Å². The zero-order valence-corrected chi connectivity index (χ0v) is 25.5. The molecular weight excluding hydrogens is 584 g/mol. The second-order valence-corrected chi connectivity index (χ2v) is 11.4. The Morgan fingerprint density at radius 2 is 1.47 bits per heavy atom. The first-order valence-electron chi connectivity index (χ1n) is 14.7. The quantitative estimate of drug-likeness (QED) is 0.126. The van der Waals surface area contributed by atoms with E-state index in [1.807, 2.05) is 70.3 Å². The summed E-state index contributed by atoms with van der Waals surface area (Å²) in [5.74, 6) is -0.541. The number of benzene rings is 4. The van der Waals surface area contributed by atoms with Crippen LogP contribution in [0.15, 0.2) is 126 Å². The average Bonchev–Trinajstić information content (AvgIpc) is 3.58. The Balaban J connectivity index is 1.19. The molecule has 0 bridgehead atoms. The molecule has 0 saturated heterocycles. The van der Waals surface area contributed by atoms with Gasteiger partial charge in [0.2, 0.25) is 5.91 Å². The molecule has 0 aliphatic heterocycles. The van der Waals surface area contributed by atoms with Gasteiger partial charge in [0.1, 0.15) is 18.4 Å². The molecule has 0 saturated carbocycles. The minimum absolute atomic E-state index is 0.0375. The molecular formula is C37H34N2O5S. The number of carboxylic acid groups (broad SMARTS) is 1. The monoisotopic (exact) mass is 618 g/mol. The van der Waals surface area contributed by atoms with Crippen LogP contribution < -0.4 is 10.1 Å². The molecule has 4 aromatic carbocycles. The van der Waals surface area contributed by atoms with Gasteiger partial charge in [0.25, 0.3) is 0 Å². The molecule has 5 rings (SSSR count). The maximum absolute atomic E-state index is 13.1. The van der Waals surface area contributed by atoms with Crippen molar-refractivity contribution >= 4 is 34.7 Å². The van der Waals surface area contributed by atoms with Crippen LogP contribution in [-0.4, -0.2) is 46.9 Å². The summed E-state index contributed by atoms with van der Waals surface area (Å²) in [6.07, 6.45) is 0.542. The van der Waals surface area contributed by atoms with Gasteiger partial charge in [-0.1, -0.05) is 84.9 Å². The maximum Gasteiger partial charge on any atom is 0.326 e. The highest BCUT2D eigenvalue weighted by molar-refractivity contribution is 7.08. The summed E-state index contributed by atoms with van der Waals surface area (Å²) < 4.78 is 5.99. The summed E-state index contributed by atoms with van der Waals surface area (Å²) >= 11 is 1.57. The Morgan fingerprint density at radius 3 is 2.16 bits per heavy atom. The van der Waals surface area contributed by atoms with E-state index in [1.165, 1.54) is 0 Å². The van der Waals surface area contributed by atoms with Crippen molar-refractivity contribution < 1.29 is 24.2 Å². The van der Waals surface area contributed by atoms with Crippen LogP contribution in [0.3, 0.4) is 0 Å². The molecule has 8 heteroatoms. The second-order valence-electron chi connectivity index (χ2n) is 10.6. The van der Waals surface area contributed by atoms with Crippen LogP contribution in [0.4, 0.5) is 5.69 Å². The molecule has 0 aliphatic carbocycles. The van der Waals surface area contributed by atoms with Gasteiger partial charge in [0.05, 0.1) is 13.0 Å². The predicted molar refractivity (Wildman–Crippen MR) is 177 cm³/mol. The number of ether oxygens (including phenoxy) is 1. The third-order valence-electron chi connectivity index (χ3n) is 7.33. The number of nitrogens with one attached hydrogen (secondary N) is 1. The number of nitrogens with zero attached hydrogens (tertiary/aromatic N) is 1. The third-order valence-corrected chi connectivity index (χ3v) is 8.07. The summed E-state index contributed by atoms with van der Waals surface area (Å²) in [4.78, 5) is 40.3. The van der Waals surface area contributed by atoms with E-state index < -0.39 is 12.0 Å². The van der Waals surface area contributed by atoms with Gasteiger partial charge < -0.3 is 20.1 Å². The van der Waals surface area contributed by atoms with Gasteiger partial charge in [-0.2, -0.15) is 11.3 Å². The van der Waals surface area contributed by atoms with E-state index in [2.05, 4.69) is 5.32 Å². The number of hydrogen-bond donors (Lipinski definition) is 2. The molecule has 7 nitrogen and oxygen atoms in total. The number of carboxylic acids is 1. The van der Waals surface area contributed by atoms with Crippen LogP contribution in [0.25, 0.3) is 0 Å². The second kappa shape index (κ2) is 15.5. The molecule has 1 aromatic heterocycles. The van der Waals surface area contributed by atoms with Crippen LogP contribution in [0.1, 0.15) is 32.6 Å². The standard InChI is InChI=1S/C37H34N2O5S/c40-35(24-29-19-22-45-26-29)39(25-28-9-3-1-4-10-28)20-21-44-31-17-15-27(16-18-31)23-34(37(42)43)38-33-14-8-7-13-32(33)36(41)30-11-5-2-6-12-30/h1-19,22,26,34,38H,20-21,23-25H2,(H,42,43)/t34-/m0/s1. The van der Waals surface area contributed by atoms with Crippen molar-refractivity contribution in [2.45, 2.75) is 25.4 Å². The summed E-state index contributed by atoms with van der Waals surface area (Å²) in [6, 6.07) is 34.0. The Morgan fingerprint density at radius 1 is 0.778 bits per heavy atom. The van der Waals surface area contributed by atoms with E-state index in [1.54, 1.807) is 72.0 Å². The van der Waals surface area contributed by atoms with Crippen molar-refractivity contribution in [1.29, 1.82) is 0 Å². The fourth-order valence-electron chi connectivity index (χ4n) is 4.95. The van der Waals surface area contributed by atoms with Crippen molar-refractivity contribution in [3.8, 4) is 5.75 Å². The molecule has 0 aliphatic rings. The lowest BCUT2D eigenvalue weighted by Gasteiger charge is -2.23. The number of anilines is 1. The highest BCUT2D eigenvalue weighted by Crippen LogP contribution is 2.22. The van der Waals surface area contributed by atoms with E-state index in [9.17, 15) is 19.5 Å². The lowest BCUT2D eigenvalue weighted by atomic mass is 10.00. The van der Waals surface area contributed by atoms with Crippen LogP contribution in [0.5, 0.6) is 5.75 Å². The van der Waals surface area contributed by atoms with Crippen LogP contribution >= 0.6 is 11.3 Å². The predicted octanol–water partition coefficient (Wildman–Crippen LogP) is 6.74. The van der Waals surface area contributed by atoms with Crippen molar-refractivity contribution in [1.82, 2.24) is 4.90 Å². The van der Waals surface area contributed by atoms with Crippen molar-refractivity contribution in [3.63, 3.8) is 0 Å². The number of rotatable bonds is 15. The van der Waals surface area contributed by atoms with Crippen molar-refractivity contribution in [2.24, 2.45) is 0 Å². The number of para-hydroxylation sites is 1. The maximum atomic E-state index is 13.1. The highest BCUT2D eigenvalue weighted by atomic mass is 32.1. The van der Waals surface area contributed by atoms with E-state index in [4.69, 9.17) is 4.74 Å². The van der Waals surface area contributed by atoms with Gasteiger partial charge in [-0.25, -0.2) is 4.79 Å². The fourth-order valence-corrected chi connectivity index (χ4v) is 5.61.